The highest BCUT2D eigenvalue weighted by molar-refractivity contribution is 9.10. The van der Waals surface area contributed by atoms with E-state index in [-0.39, 0.29) is 5.92 Å². The quantitative estimate of drug-likeness (QED) is 0.823. The minimum absolute atomic E-state index is 0.285. The molecule has 1 saturated carbocycles. The highest BCUT2D eigenvalue weighted by Gasteiger charge is 2.33. The number of piperidine rings is 1. The lowest BCUT2D eigenvalue weighted by molar-refractivity contribution is -0.139. The van der Waals surface area contributed by atoms with Gasteiger partial charge in [-0.2, -0.15) is 0 Å². The first-order valence-corrected chi connectivity index (χ1v) is 8.99. The number of anilines is 1. The van der Waals surface area contributed by atoms with Gasteiger partial charge >= 0.3 is 0 Å². The van der Waals surface area contributed by atoms with Crippen LogP contribution < -0.4 is 4.90 Å². The van der Waals surface area contributed by atoms with Crippen LogP contribution in [0.3, 0.4) is 0 Å². The van der Waals surface area contributed by atoms with Crippen molar-refractivity contribution >= 4 is 27.7 Å². The summed E-state index contributed by atoms with van der Waals surface area (Å²) in [5.41, 5.74) is 1.18. The van der Waals surface area contributed by atoms with Crippen molar-refractivity contribution in [2.24, 2.45) is 5.92 Å². The van der Waals surface area contributed by atoms with Crippen molar-refractivity contribution in [3.05, 3.63) is 22.3 Å². The Balaban J connectivity index is 1.69. The maximum absolute atomic E-state index is 12.5. The summed E-state index contributed by atoms with van der Waals surface area (Å²) in [4.78, 5) is 21.4. The van der Waals surface area contributed by atoms with E-state index in [1.54, 1.807) is 0 Å². The maximum Gasteiger partial charge on any atom is 0.225 e. The Kier molecular flexibility index (Phi) is 4.71. The number of hydrogen-bond donors (Lipinski definition) is 0. The van der Waals surface area contributed by atoms with Crippen LogP contribution in [0.5, 0.6) is 0 Å². The smallest absolute Gasteiger partial charge is 0.225 e. The fourth-order valence-electron chi connectivity index (χ4n) is 3.45. The van der Waals surface area contributed by atoms with E-state index < -0.39 is 0 Å². The standard InChI is InChI=1S/C17H24BrN3O/c1-12-9-14(18)10-19-16(12)21-8-4-7-15(11-21)20(2)17(22)13-5-3-6-13/h9-10,13,15H,3-8,11H2,1-2H3. The molecule has 1 aliphatic carbocycles. The summed E-state index contributed by atoms with van der Waals surface area (Å²) in [6.45, 7) is 4.02. The lowest BCUT2D eigenvalue weighted by atomic mass is 9.84. The Hall–Kier alpha value is -1.10. The van der Waals surface area contributed by atoms with Crippen LogP contribution in [-0.2, 0) is 4.79 Å². The fraction of sp³-hybridized carbons (Fsp3) is 0.647. The van der Waals surface area contributed by atoms with Gasteiger partial charge in [-0.25, -0.2) is 4.98 Å². The number of carbonyl (C=O) groups is 1. The van der Waals surface area contributed by atoms with Crippen LogP contribution in [0.1, 0.15) is 37.7 Å². The molecular weight excluding hydrogens is 342 g/mol. The van der Waals surface area contributed by atoms with E-state index in [1.807, 2.05) is 18.1 Å². The zero-order valence-electron chi connectivity index (χ0n) is 13.4. The van der Waals surface area contributed by atoms with E-state index in [4.69, 9.17) is 0 Å². The molecular formula is C17H24BrN3O. The third-order valence-electron chi connectivity index (χ3n) is 5.06. The van der Waals surface area contributed by atoms with Crippen LogP contribution in [-0.4, -0.2) is 42.0 Å². The number of carbonyl (C=O) groups excluding carboxylic acids is 1. The number of rotatable bonds is 3. The normalized spacial score (nSPS) is 22.3. The summed E-state index contributed by atoms with van der Waals surface area (Å²) in [7, 11) is 1.98. The van der Waals surface area contributed by atoms with Crippen LogP contribution in [0.4, 0.5) is 5.82 Å². The Morgan fingerprint density at radius 1 is 1.36 bits per heavy atom. The van der Waals surface area contributed by atoms with Gasteiger partial charge in [0.2, 0.25) is 5.91 Å². The minimum Gasteiger partial charge on any atom is -0.354 e. The van der Waals surface area contributed by atoms with Gasteiger partial charge in [0.1, 0.15) is 5.82 Å². The Morgan fingerprint density at radius 3 is 2.77 bits per heavy atom. The average molecular weight is 366 g/mol. The third kappa shape index (κ3) is 3.14. The Morgan fingerprint density at radius 2 is 2.14 bits per heavy atom. The number of hydrogen-bond acceptors (Lipinski definition) is 3. The van der Waals surface area contributed by atoms with Crippen LogP contribution in [0.15, 0.2) is 16.7 Å². The van der Waals surface area contributed by atoms with E-state index in [9.17, 15) is 4.79 Å². The molecule has 120 valence electrons. The molecule has 2 heterocycles. The largest absolute Gasteiger partial charge is 0.354 e. The van der Waals surface area contributed by atoms with E-state index in [0.717, 1.165) is 49.1 Å². The molecule has 0 N–H and O–H groups in total. The van der Waals surface area contributed by atoms with Gasteiger partial charge in [0.25, 0.3) is 0 Å². The van der Waals surface area contributed by atoms with Crippen LogP contribution in [0.25, 0.3) is 0 Å². The predicted octanol–water partition coefficient (Wildman–Crippen LogP) is 3.38. The summed E-state index contributed by atoms with van der Waals surface area (Å²) in [6, 6.07) is 2.42. The molecule has 22 heavy (non-hydrogen) atoms. The van der Waals surface area contributed by atoms with Crippen LogP contribution in [0, 0.1) is 12.8 Å². The molecule has 2 aliphatic rings. The van der Waals surface area contributed by atoms with E-state index >= 15 is 0 Å². The van der Waals surface area contributed by atoms with Crippen LogP contribution >= 0.6 is 15.9 Å². The van der Waals surface area contributed by atoms with Gasteiger partial charge in [0.15, 0.2) is 0 Å². The number of pyridine rings is 1. The molecule has 0 bridgehead atoms. The number of likely N-dealkylation sites (N-methyl/N-ethyl adjacent to an activating group) is 1. The van der Waals surface area contributed by atoms with Crippen molar-refractivity contribution < 1.29 is 4.79 Å². The van der Waals surface area contributed by atoms with Gasteiger partial charge < -0.3 is 9.80 Å². The highest BCUT2D eigenvalue weighted by atomic mass is 79.9. The second-order valence-corrected chi connectivity index (χ2v) is 7.53. The van der Waals surface area contributed by atoms with Crippen molar-refractivity contribution in [1.29, 1.82) is 0 Å². The van der Waals surface area contributed by atoms with Gasteiger partial charge in [-0.1, -0.05) is 6.42 Å². The van der Waals surface area contributed by atoms with Gasteiger partial charge in [-0.15, -0.1) is 0 Å². The van der Waals surface area contributed by atoms with E-state index in [0.29, 0.717) is 11.9 Å². The van der Waals surface area contributed by atoms with Gasteiger partial charge in [-0.05, 0) is 60.2 Å². The van der Waals surface area contributed by atoms with Crippen molar-refractivity contribution in [2.75, 3.05) is 25.0 Å². The number of aromatic nitrogens is 1. The first-order valence-electron chi connectivity index (χ1n) is 8.20. The zero-order chi connectivity index (χ0) is 15.7. The first kappa shape index (κ1) is 15.8. The van der Waals surface area contributed by atoms with Crippen molar-refractivity contribution in [2.45, 2.75) is 45.1 Å². The van der Waals surface area contributed by atoms with E-state index in [2.05, 4.69) is 38.8 Å². The number of aryl methyl sites for hydroxylation is 1. The number of amides is 1. The molecule has 1 saturated heterocycles. The summed E-state index contributed by atoms with van der Waals surface area (Å²) in [5.74, 6) is 1.68. The molecule has 5 heteroatoms. The van der Waals surface area contributed by atoms with Crippen molar-refractivity contribution in [3.8, 4) is 0 Å². The third-order valence-corrected chi connectivity index (χ3v) is 5.50. The van der Waals surface area contributed by atoms with Gasteiger partial charge in [0, 0.05) is 42.8 Å². The van der Waals surface area contributed by atoms with Crippen molar-refractivity contribution in [1.82, 2.24) is 9.88 Å². The molecule has 1 aromatic rings. The summed E-state index contributed by atoms with van der Waals surface area (Å²) in [5, 5.41) is 0. The number of nitrogens with zero attached hydrogens (tertiary/aromatic N) is 3. The molecule has 1 atom stereocenters. The molecule has 4 nitrogen and oxygen atoms in total. The van der Waals surface area contributed by atoms with Gasteiger partial charge in [0.05, 0.1) is 0 Å². The summed E-state index contributed by atoms with van der Waals surface area (Å²) >= 11 is 3.47. The maximum atomic E-state index is 12.5. The monoisotopic (exact) mass is 365 g/mol. The Bertz CT molecular complexity index is 559. The SMILES string of the molecule is Cc1cc(Br)cnc1N1CCCC(N(C)C(=O)C2CCC2)C1. The second-order valence-electron chi connectivity index (χ2n) is 6.61. The minimum atomic E-state index is 0.285. The molecule has 1 unspecified atom stereocenters. The van der Waals surface area contributed by atoms with Crippen molar-refractivity contribution in [3.63, 3.8) is 0 Å². The lowest BCUT2D eigenvalue weighted by Crippen LogP contribution is -2.51. The topological polar surface area (TPSA) is 36.4 Å². The van der Waals surface area contributed by atoms with E-state index in [1.165, 1.54) is 12.0 Å². The lowest BCUT2D eigenvalue weighted by Gasteiger charge is -2.40. The van der Waals surface area contributed by atoms with Gasteiger partial charge in [-0.3, -0.25) is 4.79 Å². The first-order chi connectivity index (χ1) is 10.6. The number of halogens is 1. The summed E-state index contributed by atoms with van der Waals surface area (Å²) in [6.07, 6.45) is 7.43. The molecule has 0 spiro atoms. The molecule has 1 amide bonds. The molecule has 2 fully saturated rings. The molecule has 3 rings (SSSR count). The second kappa shape index (κ2) is 6.57. The molecule has 1 aliphatic heterocycles. The highest BCUT2D eigenvalue weighted by Crippen LogP contribution is 2.30. The molecule has 0 radical (unpaired) electrons. The molecule has 1 aromatic heterocycles. The predicted molar refractivity (Wildman–Crippen MR) is 92.0 cm³/mol. The molecule has 0 aromatic carbocycles. The average Bonchev–Trinajstić information content (AvgIpc) is 2.44. The fourth-order valence-corrected chi connectivity index (χ4v) is 3.90. The Labute approximate surface area is 141 Å². The zero-order valence-corrected chi connectivity index (χ0v) is 15.0. The summed E-state index contributed by atoms with van der Waals surface area (Å²) < 4.78 is 1.01. The van der Waals surface area contributed by atoms with Crippen LogP contribution in [0.2, 0.25) is 0 Å².